The van der Waals surface area contributed by atoms with Crippen LogP contribution in [0.2, 0.25) is 0 Å². The Bertz CT molecular complexity index is 703. The van der Waals surface area contributed by atoms with Crippen molar-refractivity contribution in [3.8, 4) is 5.75 Å². The van der Waals surface area contributed by atoms with Crippen molar-refractivity contribution in [2.45, 2.75) is 18.7 Å². The molecular formula is C15H13F3N2O2S. The molecule has 2 aromatic rings. The van der Waals surface area contributed by atoms with Crippen molar-refractivity contribution in [2.24, 2.45) is 5.92 Å². The lowest BCUT2D eigenvalue weighted by Gasteiger charge is -2.15. The van der Waals surface area contributed by atoms with E-state index in [1.807, 2.05) is 0 Å². The maximum atomic E-state index is 12.5. The minimum Gasteiger partial charge on any atom is -0.405 e. The standard InChI is InChI=1S/C15H13F3N2O2S/c1-20(14-19-6-7-23-14)13(21)11-8-10(11)9-4-2-3-5-12(9)22-15(16,17)18/h2-7,10-11H,8H2,1H3/t10-,11-/m1/s1. The smallest absolute Gasteiger partial charge is 0.405 e. The Labute approximate surface area is 134 Å². The molecule has 1 aromatic carbocycles. The third-order valence-corrected chi connectivity index (χ3v) is 4.54. The number of thiazole rings is 1. The number of alkyl halides is 3. The number of nitrogens with zero attached hydrogens (tertiary/aromatic N) is 2. The minimum absolute atomic E-state index is 0.147. The van der Waals surface area contributed by atoms with Crippen molar-refractivity contribution in [2.75, 3.05) is 11.9 Å². The van der Waals surface area contributed by atoms with E-state index < -0.39 is 6.36 Å². The van der Waals surface area contributed by atoms with Crippen molar-refractivity contribution in [3.05, 3.63) is 41.4 Å². The zero-order valence-corrected chi connectivity index (χ0v) is 12.9. The molecule has 0 radical (unpaired) electrons. The van der Waals surface area contributed by atoms with Gasteiger partial charge in [0.1, 0.15) is 5.75 Å². The van der Waals surface area contributed by atoms with E-state index in [1.54, 1.807) is 30.8 Å². The van der Waals surface area contributed by atoms with Crippen LogP contribution in [-0.2, 0) is 4.79 Å². The number of carbonyl (C=O) groups is 1. The summed E-state index contributed by atoms with van der Waals surface area (Å²) in [5.74, 6) is -0.991. The van der Waals surface area contributed by atoms with Gasteiger partial charge in [-0.05, 0) is 24.0 Å². The average molecular weight is 342 g/mol. The second kappa shape index (κ2) is 5.84. The highest BCUT2D eigenvalue weighted by Gasteiger charge is 2.47. The van der Waals surface area contributed by atoms with Crippen LogP contribution < -0.4 is 9.64 Å². The first-order valence-corrected chi connectivity index (χ1v) is 7.76. The van der Waals surface area contributed by atoms with E-state index >= 15 is 0 Å². The predicted molar refractivity (Wildman–Crippen MR) is 79.5 cm³/mol. The summed E-state index contributed by atoms with van der Waals surface area (Å²) in [4.78, 5) is 17.9. The number of carbonyl (C=O) groups excluding carboxylic acids is 1. The molecule has 1 heterocycles. The Balaban J connectivity index is 1.75. The van der Waals surface area contributed by atoms with E-state index in [4.69, 9.17) is 0 Å². The molecule has 1 aromatic heterocycles. The number of benzene rings is 1. The predicted octanol–water partition coefficient (Wildman–Crippen LogP) is 3.81. The highest BCUT2D eigenvalue weighted by atomic mass is 32.1. The number of rotatable bonds is 4. The van der Waals surface area contributed by atoms with Crippen molar-refractivity contribution < 1.29 is 22.7 Å². The van der Waals surface area contributed by atoms with Crippen LogP contribution in [0.3, 0.4) is 0 Å². The first-order chi connectivity index (χ1) is 10.9. The van der Waals surface area contributed by atoms with Crippen LogP contribution in [0, 0.1) is 5.92 Å². The fraction of sp³-hybridized carbons (Fsp3) is 0.333. The van der Waals surface area contributed by atoms with E-state index in [-0.39, 0.29) is 23.5 Å². The van der Waals surface area contributed by atoms with E-state index in [2.05, 4.69) is 9.72 Å². The molecule has 1 amide bonds. The molecule has 122 valence electrons. The number of halogens is 3. The van der Waals surface area contributed by atoms with E-state index in [1.165, 1.54) is 28.4 Å². The molecule has 3 rings (SSSR count). The second-order valence-electron chi connectivity index (χ2n) is 5.25. The molecule has 0 aliphatic heterocycles. The maximum Gasteiger partial charge on any atom is 0.573 e. The Morgan fingerprint density at radius 2 is 2.13 bits per heavy atom. The molecular weight excluding hydrogens is 329 g/mol. The Morgan fingerprint density at radius 1 is 1.39 bits per heavy atom. The summed E-state index contributed by atoms with van der Waals surface area (Å²) < 4.78 is 41.5. The number of amides is 1. The molecule has 0 saturated heterocycles. The number of hydrogen-bond acceptors (Lipinski definition) is 4. The van der Waals surface area contributed by atoms with Gasteiger partial charge in [0, 0.05) is 24.5 Å². The maximum absolute atomic E-state index is 12.5. The summed E-state index contributed by atoms with van der Waals surface area (Å²) in [6.45, 7) is 0. The first-order valence-electron chi connectivity index (χ1n) is 6.88. The van der Waals surface area contributed by atoms with Crippen molar-refractivity contribution in [1.29, 1.82) is 0 Å². The summed E-state index contributed by atoms with van der Waals surface area (Å²) in [6, 6.07) is 5.96. The number of para-hydroxylation sites is 1. The second-order valence-corrected chi connectivity index (χ2v) is 6.12. The lowest BCUT2D eigenvalue weighted by atomic mass is 10.1. The number of aromatic nitrogens is 1. The highest BCUT2D eigenvalue weighted by Crippen LogP contribution is 2.51. The quantitative estimate of drug-likeness (QED) is 0.849. The Morgan fingerprint density at radius 3 is 2.78 bits per heavy atom. The summed E-state index contributed by atoms with van der Waals surface area (Å²) >= 11 is 1.33. The average Bonchev–Trinajstić information content (AvgIpc) is 3.08. The topological polar surface area (TPSA) is 42.4 Å². The van der Waals surface area contributed by atoms with E-state index in [0.717, 1.165) is 0 Å². The largest absolute Gasteiger partial charge is 0.573 e. The molecule has 2 atom stereocenters. The lowest BCUT2D eigenvalue weighted by Crippen LogP contribution is -2.28. The van der Waals surface area contributed by atoms with Crippen LogP contribution >= 0.6 is 11.3 Å². The lowest BCUT2D eigenvalue weighted by molar-refractivity contribution is -0.274. The molecule has 1 aliphatic rings. The van der Waals surface area contributed by atoms with Gasteiger partial charge >= 0.3 is 6.36 Å². The zero-order valence-electron chi connectivity index (χ0n) is 12.1. The zero-order chi connectivity index (χ0) is 16.6. The Hall–Kier alpha value is -2.09. The molecule has 23 heavy (non-hydrogen) atoms. The third kappa shape index (κ3) is 3.47. The van der Waals surface area contributed by atoms with Gasteiger partial charge in [-0.1, -0.05) is 18.2 Å². The fourth-order valence-electron chi connectivity index (χ4n) is 2.54. The number of ether oxygens (including phenoxy) is 1. The first kappa shape index (κ1) is 15.8. The van der Waals surface area contributed by atoms with Crippen LogP contribution in [0.5, 0.6) is 5.75 Å². The van der Waals surface area contributed by atoms with E-state index in [0.29, 0.717) is 17.1 Å². The van der Waals surface area contributed by atoms with Crippen LogP contribution in [0.25, 0.3) is 0 Å². The summed E-state index contributed by atoms with van der Waals surface area (Å²) in [6.07, 6.45) is -2.64. The highest BCUT2D eigenvalue weighted by molar-refractivity contribution is 7.13. The SMILES string of the molecule is CN(C(=O)[C@@H]1C[C@@H]1c1ccccc1OC(F)(F)F)c1nccs1. The van der Waals surface area contributed by atoms with Crippen LogP contribution in [0.4, 0.5) is 18.3 Å². The summed E-state index contributed by atoms with van der Waals surface area (Å²) in [5.41, 5.74) is 0.413. The third-order valence-electron chi connectivity index (χ3n) is 3.69. The molecule has 0 bridgehead atoms. The van der Waals surface area contributed by atoms with Crippen molar-refractivity contribution in [3.63, 3.8) is 0 Å². The molecule has 1 saturated carbocycles. The van der Waals surface area contributed by atoms with Crippen molar-refractivity contribution in [1.82, 2.24) is 4.98 Å². The van der Waals surface area contributed by atoms with E-state index in [9.17, 15) is 18.0 Å². The van der Waals surface area contributed by atoms with Gasteiger partial charge in [-0.25, -0.2) is 4.98 Å². The molecule has 1 aliphatic carbocycles. The van der Waals surface area contributed by atoms with Crippen LogP contribution in [0.15, 0.2) is 35.8 Å². The summed E-state index contributed by atoms with van der Waals surface area (Å²) in [7, 11) is 1.62. The molecule has 1 fully saturated rings. The van der Waals surface area contributed by atoms with Crippen LogP contribution in [-0.4, -0.2) is 24.3 Å². The molecule has 0 N–H and O–H groups in total. The van der Waals surface area contributed by atoms with Gasteiger partial charge in [-0.2, -0.15) is 0 Å². The van der Waals surface area contributed by atoms with Gasteiger partial charge in [0.05, 0.1) is 0 Å². The molecule has 0 spiro atoms. The monoisotopic (exact) mass is 342 g/mol. The molecule has 8 heteroatoms. The van der Waals surface area contributed by atoms with Gasteiger partial charge in [-0.15, -0.1) is 24.5 Å². The van der Waals surface area contributed by atoms with Gasteiger partial charge in [0.25, 0.3) is 0 Å². The Kier molecular flexibility index (Phi) is 4.01. The summed E-state index contributed by atoms with van der Waals surface area (Å²) in [5, 5.41) is 2.33. The normalized spacial score (nSPS) is 20.2. The van der Waals surface area contributed by atoms with Gasteiger partial charge in [-0.3, -0.25) is 9.69 Å². The van der Waals surface area contributed by atoms with Gasteiger partial charge < -0.3 is 4.74 Å². The van der Waals surface area contributed by atoms with Gasteiger partial charge in [0.15, 0.2) is 5.13 Å². The van der Waals surface area contributed by atoms with Crippen molar-refractivity contribution >= 4 is 22.4 Å². The minimum atomic E-state index is -4.75. The van der Waals surface area contributed by atoms with Crippen LogP contribution in [0.1, 0.15) is 17.9 Å². The number of hydrogen-bond donors (Lipinski definition) is 0. The molecule has 0 unspecified atom stereocenters. The fourth-order valence-corrected chi connectivity index (χ4v) is 3.15. The number of anilines is 1. The molecule has 4 nitrogen and oxygen atoms in total. The van der Waals surface area contributed by atoms with Gasteiger partial charge in [0.2, 0.25) is 5.91 Å².